The normalized spacial score (nSPS) is 19.0. The molecule has 0 saturated heterocycles. The van der Waals surface area contributed by atoms with Crippen LogP contribution in [0.5, 0.6) is 0 Å². The molecule has 0 radical (unpaired) electrons. The highest BCUT2D eigenvalue weighted by Gasteiger charge is 2.30. The summed E-state index contributed by atoms with van der Waals surface area (Å²) in [7, 11) is 0. The first-order chi connectivity index (χ1) is 14.4. The van der Waals surface area contributed by atoms with E-state index in [4.69, 9.17) is 4.74 Å². The van der Waals surface area contributed by atoms with Crippen LogP contribution in [0.2, 0.25) is 0 Å². The number of fused-ring (bicyclic) bond motifs is 1. The largest absolute Gasteiger partial charge is 0.446 e. The second-order valence-electron chi connectivity index (χ2n) is 7.65. The minimum absolute atomic E-state index is 0.0292. The van der Waals surface area contributed by atoms with Crippen molar-refractivity contribution in [1.82, 2.24) is 30.1 Å². The zero-order valence-electron chi connectivity index (χ0n) is 16.6. The standard InChI is InChI=1S/C19H23F2N7O2/c1-10(2)23-19(29)30-12-4-3-11(7-12)13-9-16(26-25-13)24-18-15-8-14(17(20)21)27-28(15)6-5-22-18/h5-6,8-12,17H,3-4,7H2,1-2H3,(H,23,29)(H2,22,24,25,26)/t11-,12+/m0/s1. The summed E-state index contributed by atoms with van der Waals surface area (Å²) < 4.78 is 32.7. The number of amides is 1. The van der Waals surface area contributed by atoms with Gasteiger partial charge in [0.25, 0.3) is 6.43 Å². The molecule has 1 fully saturated rings. The van der Waals surface area contributed by atoms with Gasteiger partial charge in [0.05, 0.1) is 0 Å². The van der Waals surface area contributed by atoms with Crippen LogP contribution in [0.15, 0.2) is 24.5 Å². The molecule has 3 aromatic rings. The number of H-pyrrole nitrogens is 1. The average Bonchev–Trinajstić information content (AvgIpc) is 3.39. The van der Waals surface area contributed by atoms with Crippen molar-refractivity contribution in [1.29, 1.82) is 0 Å². The SMILES string of the molecule is CC(C)NC(=O)O[C@@H]1CC[C@H](c2cc(Nc3nccn4nc(C(F)F)cc34)n[nH]2)C1. The molecule has 3 aromatic heterocycles. The van der Waals surface area contributed by atoms with Crippen molar-refractivity contribution in [3.05, 3.63) is 35.9 Å². The number of aromatic nitrogens is 5. The summed E-state index contributed by atoms with van der Waals surface area (Å²) in [6, 6.07) is 3.19. The number of aromatic amines is 1. The van der Waals surface area contributed by atoms with E-state index in [1.54, 1.807) is 0 Å². The Balaban J connectivity index is 1.42. The van der Waals surface area contributed by atoms with E-state index >= 15 is 0 Å². The number of carbonyl (C=O) groups is 1. The lowest BCUT2D eigenvalue weighted by molar-refractivity contribution is 0.0981. The Bertz CT molecular complexity index is 1030. The Labute approximate surface area is 171 Å². The van der Waals surface area contributed by atoms with Crippen LogP contribution in [0.1, 0.15) is 56.8 Å². The third-order valence-electron chi connectivity index (χ3n) is 4.98. The molecule has 1 aliphatic carbocycles. The molecule has 0 unspecified atom stereocenters. The van der Waals surface area contributed by atoms with Crippen LogP contribution in [0, 0.1) is 0 Å². The van der Waals surface area contributed by atoms with Crippen molar-refractivity contribution in [3.8, 4) is 0 Å². The molecule has 1 amide bonds. The van der Waals surface area contributed by atoms with Gasteiger partial charge >= 0.3 is 6.09 Å². The Morgan fingerprint density at radius 1 is 1.33 bits per heavy atom. The first-order valence-electron chi connectivity index (χ1n) is 9.81. The zero-order valence-corrected chi connectivity index (χ0v) is 16.6. The molecule has 9 nitrogen and oxygen atoms in total. The summed E-state index contributed by atoms with van der Waals surface area (Å²) >= 11 is 0. The van der Waals surface area contributed by atoms with Crippen LogP contribution >= 0.6 is 0 Å². The molecular formula is C19H23F2N7O2. The van der Waals surface area contributed by atoms with Crippen LogP contribution in [0.3, 0.4) is 0 Å². The quantitative estimate of drug-likeness (QED) is 0.559. The number of ether oxygens (including phenoxy) is 1. The van der Waals surface area contributed by atoms with Gasteiger partial charge in [0, 0.05) is 36.1 Å². The number of halogens is 2. The van der Waals surface area contributed by atoms with E-state index in [-0.39, 0.29) is 23.8 Å². The monoisotopic (exact) mass is 419 g/mol. The fourth-order valence-corrected chi connectivity index (χ4v) is 3.63. The van der Waals surface area contributed by atoms with E-state index in [1.165, 1.54) is 23.0 Å². The third kappa shape index (κ3) is 4.34. The number of hydrogen-bond donors (Lipinski definition) is 3. The summed E-state index contributed by atoms with van der Waals surface area (Å²) in [6.07, 6.45) is 2.16. The smallest absolute Gasteiger partial charge is 0.407 e. The highest BCUT2D eigenvalue weighted by atomic mass is 19.3. The Morgan fingerprint density at radius 2 is 2.17 bits per heavy atom. The molecule has 1 aliphatic rings. The highest BCUT2D eigenvalue weighted by Crippen LogP contribution is 2.36. The van der Waals surface area contributed by atoms with Gasteiger partial charge in [-0.1, -0.05) is 0 Å². The lowest BCUT2D eigenvalue weighted by Crippen LogP contribution is -2.33. The van der Waals surface area contributed by atoms with Gasteiger partial charge < -0.3 is 15.4 Å². The van der Waals surface area contributed by atoms with Crippen molar-refractivity contribution in [2.24, 2.45) is 0 Å². The first kappa shape index (κ1) is 20.0. The van der Waals surface area contributed by atoms with E-state index < -0.39 is 12.5 Å². The molecule has 11 heteroatoms. The molecule has 3 heterocycles. The van der Waals surface area contributed by atoms with Crippen LogP contribution in [0.4, 0.5) is 25.2 Å². The molecule has 1 saturated carbocycles. The van der Waals surface area contributed by atoms with Crippen LogP contribution in [-0.4, -0.2) is 43.0 Å². The lowest BCUT2D eigenvalue weighted by Gasteiger charge is -2.14. The Hall–Kier alpha value is -3.24. The maximum absolute atomic E-state index is 12.9. The average molecular weight is 419 g/mol. The van der Waals surface area contributed by atoms with E-state index in [9.17, 15) is 13.6 Å². The number of alkyl carbamates (subject to hydrolysis) is 1. The van der Waals surface area contributed by atoms with Crippen molar-refractivity contribution in [2.75, 3.05) is 5.32 Å². The number of hydrogen-bond acceptors (Lipinski definition) is 6. The summed E-state index contributed by atoms with van der Waals surface area (Å²) in [5, 5.41) is 16.9. The van der Waals surface area contributed by atoms with Gasteiger partial charge in [0.1, 0.15) is 17.3 Å². The molecule has 0 aliphatic heterocycles. The topological polar surface area (TPSA) is 109 Å². The number of carbonyl (C=O) groups excluding carboxylic acids is 1. The molecule has 2 atom stereocenters. The zero-order chi connectivity index (χ0) is 21.3. The predicted molar refractivity (Wildman–Crippen MR) is 105 cm³/mol. The number of nitrogens with zero attached hydrogens (tertiary/aromatic N) is 4. The molecule has 0 aromatic carbocycles. The van der Waals surface area contributed by atoms with Crippen molar-refractivity contribution in [2.45, 2.75) is 57.6 Å². The maximum atomic E-state index is 12.9. The van der Waals surface area contributed by atoms with Crippen molar-refractivity contribution < 1.29 is 18.3 Å². The lowest BCUT2D eigenvalue weighted by atomic mass is 10.0. The van der Waals surface area contributed by atoms with Crippen LogP contribution in [0.25, 0.3) is 5.52 Å². The minimum atomic E-state index is -2.66. The van der Waals surface area contributed by atoms with Gasteiger partial charge in [-0.2, -0.15) is 10.2 Å². The highest BCUT2D eigenvalue weighted by molar-refractivity contribution is 5.72. The molecule has 30 heavy (non-hydrogen) atoms. The second kappa shape index (κ2) is 8.25. The van der Waals surface area contributed by atoms with Gasteiger partial charge in [0.15, 0.2) is 11.6 Å². The second-order valence-corrected chi connectivity index (χ2v) is 7.65. The van der Waals surface area contributed by atoms with Crippen LogP contribution in [-0.2, 0) is 4.74 Å². The van der Waals surface area contributed by atoms with E-state index in [2.05, 4.69) is 30.9 Å². The maximum Gasteiger partial charge on any atom is 0.407 e. The van der Waals surface area contributed by atoms with Crippen molar-refractivity contribution >= 4 is 23.2 Å². The summed E-state index contributed by atoms with van der Waals surface area (Å²) in [5.41, 5.74) is 1.04. The Morgan fingerprint density at radius 3 is 2.93 bits per heavy atom. The fourth-order valence-electron chi connectivity index (χ4n) is 3.63. The number of anilines is 2. The summed E-state index contributed by atoms with van der Waals surface area (Å²) in [6.45, 7) is 3.76. The Kier molecular flexibility index (Phi) is 5.51. The van der Waals surface area contributed by atoms with E-state index in [1.807, 2.05) is 19.9 Å². The number of rotatable bonds is 6. The molecule has 0 bridgehead atoms. The van der Waals surface area contributed by atoms with Gasteiger partial charge in [-0.15, -0.1) is 0 Å². The number of nitrogens with one attached hydrogen (secondary N) is 3. The van der Waals surface area contributed by atoms with Gasteiger partial charge in [-0.25, -0.2) is 23.1 Å². The van der Waals surface area contributed by atoms with Gasteiger partial charge in [-0.3, -0.25) is 5.10 Å². The van der Waals surface area contributed by atoms with Crippen molar-refractivity contribution in [3.63, 3.8) is 0 Å². The molecule has 4 rings (SSSR count). The summed E-state index contributed by atoms with van der Waals surface area (Å²) in [5.74, 6) is 1.09. The minimum Gasteiger partial charge on any atom is -0.446 e. The third-order valence-corrected chi connectivity index (χ3v) is 4.98. The molecular weight excluding hydrogens is 396 g/mol. The van der Waals surface area contributed by atoms with Gasteiger partial charge in [0.2, 0.25) is 0 Å². The fraction of sp³-hybridized carbons (Fsp3) is 0.474. The van der Waals surface area contributed by atoms with Gasteiger partial charge in [-0.05, 0) is 39.2 Å². The molecule has 3 N–H and O–H groups in total. The van der Waals surface area contributed by atoms with E-state index in [0.29, 0.717) is 23.6 Å². The molecule has 160 valence electrons. The van der Waals surface area contributed by atoms with Crippen LogP contribution < -0.4 is 10.6 Å². The first-order valence-corrected chi connectivity index (χ1v) is 9.81. The molecule has 0 spiro atoms. The van der Waals surface area contributed by atoms with E-state index in [0.717, 1.165) is 18.5 Å². The summed E-state index contributed by atoms with van der Waals surface area (Å²) in [4.78, 5) is 16.0. The number of alkyl halides is 2. The predicted octanol–water partition coefficient (Wildman–Crippen LogP) is 3.90.